The molecule has 0 spiro atoms. The number of rotatable bonds is 5. The third-order valence-electron chi connectivity index (χ3n) is 7.00. The average Bonchev–Trinajstić information content (AvgIpc) is 3.32. The van der Waals surface area contributed by atoms with Gasteiger partial charge in [0.2, 0.25) is 5.91 Å². The molecule has 4 aromatic rings. The van der Waals surface area contributed by atoms with Crippen molar-refractivity contribution in [2.24, 2.45) is 11.0 Å². The van der Waals surface area contributed by atoms with Gasteiger partial charge in [0.25, 0.3) is 0 Å². The fourth-order valence-corrected chi connectivity index (χ4v) is 5.32. The van der Waals surface area contributed by atoms with Gasteiger partial charge in [-0.05, 0) is 53.3 Å². The molecule has 1 aliphatic carbocycles. The van der Waals surface area contributed by atoms with Crippen LogP contribution in [-0.4, -0.2) is 32.9 Å². The first kappa shape index (κ1) is 23.5. The average molecular weight is 477 g/mol. The standard InChI is InChI=1S/C29H24N4O2.CH4/c34-16-4-7-27(35)33-29(22-11-13-25-26(18-22)31-15-14-30-25)23-12-10-20-8-9-21(17-24(20)28(23)32-33)19-5-2-1-3-6-19;/h1-3,5-6,8-9,11,13-18,23,29H,4,7,10,12H2;1H4. The van der Waals surface area contributed by atoms with E-state index in [-0.39, 0.29) is 38.1 Å². The van der Waals surface area contributed by atoms with E-state index < -0.39 is 0 Å². The second-order valence-corrected chi connectivity index (χ2v) is 9.06. The van der Waals surface area contributed by atoms with E-state index in [2.05, 4.69) is 40.3 Å². The number of fused-ring (bicyclic) bond motifs is 4. The summed E-state index contributed by atoms with van der Waals surface area (Å²) in [5, 5.41) is 6.54. The largest absolute Gasteiger partial charge is 0.303 e. The molecular formula is C30H28N4O2. The Bertz CT molecular complexity index is 1460. The SMILES string of the molecule is C.O=CCCC(=O)N1N=C2c3cc(-c4ccccc4)ccc3CCC2C1c1ccc2nccnc2c1. The Labute approximate surface area is 210 Å². The van der Waals surface area contributed by atoms with E-state index in [0.717, 1.165) is 58.1 Å². The number of carbonyl (C=O) groups excluding carboxylic acids is 2. The zero-order valence-electron chi connectivity index (χ0n) is 19.2. The number of hydrazone groups is 1. The van der Waals surface area contributed by atoms with Gasteiger partial charge >= 0.3 is 0 Å². The lowest BCUT2D eigenvalue weighted by Gasteiger charge is -2.30. The van der Waals surface area contributed by atoms with Crippen molar-refractivity contribution in [3.8, 4) is 11.1 Å². The van der Waals surface area contributed by atoms with E-state index in [0.29, 0.717) is 0 Å². The number of hydrogen-bond donors (Lipinski definition) is 0. The summed E-state index contributed by atoms with van der Waals surface area (Å²) >= 11 is 0. The summed E-state index contributed by atoms with van der Waals surface area (Å²) in [4.78, 5) is 33.1. The lowest BCUT2D eigenvalue weighted by atomic mass is 9.76. The summed E-state index contributed by atoms with van der Waals surface area (Å²) in [6, 6.07) is 22.6. The topological polar surface area (TPSA) is 75.5 Å². The smallest absolute Gasteiger partial charge is 0.243 e. The van der Waals surface area contributed by atoms with E-state index in [1.54, 1.807) is 17.4 Å². The maximum atomic E-state index is 13.2. The number of hydrogen-bond acceptors (Lipinski definition) is 5. The first-order chi connectivity index (χ1) is 17.2. The summed E-state index contributed by atoms with van der Waals surface area (Å²) < 4.78 is 0. The third-order valence-corrected chi connectivity index (χ3v) is 7.00. The van der Waals surface area contributed by atoms with Gasteiger partial charge in [0.15, 0.2) is 0 Å². The van der Waals surface area contributed by atoms with Crippen LogP contribution in [0.25, 0.3) is 22.2 Å². The summed E-state index contributed by atoms with van der Waals surface area (Å²) in [5.74, 6) is -0.0631. The number of benzene rings is 3. The number of aldehydes is 1. The first-order valence-electron chi connectivity index (χ1n) is 12.0. The minimum absolute atomic E-state index is 0. The molecule has 2 heterocycles. The Morgan fingerprint density at radius 1 is 0.944 bits per heavy atom. The maximum Gasteiger partial charge on any atom is 0.243 e. The van der Waals surface area contributed by atoms with Crippen LogP contribution >= 0.6 is 0 Å². The molecule has 0 fully saturated rings. The number of aromatic nitrogens is 2. The molecule has 1 amide bonds. The molecule has 0 radical (unpaired) electrons. The zero-order valence-corrected chi connectivity index (χ0v) is 19.2. The molecule has 0 saturated heterocycles. The monoisotopic (exact) mass is 476 g/mol. The maximum absolute atomic E-state index is 13.2. The van der Waals surface area contributed by atoms with Crippen LogP contribution in [0.1, 0.15) is 49.4 Å². The number of amides is 1. The van der Waals surface area contributed by atoms with Crippen LogP contribution in [0.2, 0.25) is 0 Å². The number of carbonyl (C=O) groups is 2. The van der Waals surface area contributed by atoms with Crippen LogP contribution in [0, 0.1) is 5.92 Å². The molecule has 180 valence electrons. The van der Waals surface area contributed by atoms with Gasteiger partial charge in [-0.15, -0.1) is 0 Å². The van der Waals surface area contributed by atoms with Gasteiger partial charge in [-0.25, -0.2) is 5.01 Å². The van der Waals surface area contributed by atoms with Gasteiger partial charge in [-0.3, -0.25) is 14.8 Å². The lowest BCUT2D eigenvalue weighted by Crippen LogP contribution is -2.32. The van der Waals surface area contributed by atoms with Crippen LogP contribution in [0.4, 0.5) is 0 Å². The molecule has 6 rings (SSSR count). The highest BCUT2D eigenvalue weighted by Crippen LogP contribution is 2.44. The highest BCUT2D eigenvalue weighted by atomic mass is 16.2. The molecule has 2 atom stereocenters. The molecule has 36 heavy (non-hydrogen) atoms. The molecule has 3 aromatic carbocycles. The Morgan fingerprint density at radius 2 is 1.75 bits per heavy atom. The van der Waals surface area contributed by atoms with Crippen molar-refractivity contribution in [1.82, 2.24) is 15.0 Å². The van der Waals surface area contributed by atoms with E-state index in [4.69, 9.17) is 5.10 Å². The fourth-order valence-electron chi connectivity index (χ4n) is 5.32. The molecule has 1 aromatic heterocycles. The fraction of sp³-hybridized carbons (Fsp3) is 0.233. The third kappa shape index (κ3) is 4.09. The van der Waals surface area contributed by atoms with Crippen LogP contribution < -0.4 is 0 Å². The van der Waals surface area contributed by atoms with Crippen molar-refractivity contribution < 1.29 is 9.59 Å². The molecule has 6 nitrogen and oxygen atoms in total. The lowest BCUT2D eigenvalue weighted by molar-refractivity contribution is -0.134. The molecule has 1 aliphatic heterocycles. The van der Waals surface area contributed by atoms with Crippen LogP contribution in [0.15, 0.2) is 84.2 Å². The Hall–Kier alpha value is -4.19. The summed E-state index contributed by atoms with van der Waals surface area (Å²) in [6.45, 7) is 0. The van der Waals surface area contributed by atoms with E-state index in [1.165, 1.54) is 5.56 Å². The van der Waals surface area contributed by atoms with Crippen molar-refractivity contribution in [3.05, 3.63) is 95.8 Å². The van der Waals surface area contributed by atoms with Gasteiger partial charge in [-0.2, -0.15) is 5.10 Å². The van der Waals surface area contributed by atoms with Gasteiger partial charge < -0.3 is 4.79 Å². The van der Waals surface area contributed by atoms with Crippen molar-refractivity contribution in [3.63, 3.8) is 0 Å². The molecule has 0 N–H and O–H groups in total. The molecule has 2 aliphatic rings. The molecule has 6 heteroatoms. The normalized spacial score (nSPS) is 18.1. The molecule has 2 unspecified atom stereocenters. The minimum atomic E-state index is -0.232. The molecule has 0 bridgehead atoms. The van der Waals surface area contributed by atoms with E-state index in [1.807, 2.05) is 36.4 Å². The quantitative estimate of drug-likeness (QED) is 0.343. The Morgan fingerprint density at radius 3 is 2.56 bits per heavy atom. The number of nitrogens with zero attached hydrogens (tertiary/aromatic N) is 4. The zero-order chi connectivity index (χ0) is 23.8. The van der Waals surface area contributed by atoms with Crippen LogP contribution in [0.3, 0.4) is 0 Å². The van der Waals surface area contributed by atoms with Crippen LogP contribution in [-0.2, 0) is 16.0 Å². The minimum Gasteiger partial charge on any atom is -0.303 e. The van der Waals surface area contributed by atoms with Gasteiger partial charge in [-0.1, -0.05) is 56.0 Å². The summed E-state index contributed by atoms with van der Waals surface area (Å²) in [6.07, 6.45) is 6.30. The summed E-state index contributed by atoms with van der Waals surface area (Å²) in [5.41, 5.74) is 8.20. The Balaban J connectivity index is 0.00000267. The van der Waals surface area contributed by atoms with Crippen molar-refractivity contribution in [2.75, 3.05) is 0 Å². The Kier molecular flexibility index (Phi) is 6.42. The highest BCUT2D eigenvalue weighted by molar-refractivity contribution is 6.07. The van der Waals surface area contributed by atoms with E-state index >= 15 is 0 Å². The van der Waals surface area contributed by atoms with E-state index in [9.17, 15) is 9.59 Å². The van der Waals surface area contributed by atoms with Crippen molar-refractivity contribution >= 4 is 28.9 Å². The molecular weight excluding hydrogens is 448 g/mol. The first-order valence-corrected chi connectivity index (χ1v) is 12.0. The van der Waals surface area contributed by atoms with Crippen LogP contribution in [0.5, 0.6) is 0 Å². The van der Waals surface area contributed by atoms with Crippen molar-refractivity contribution in [2.45, 2.75) is 39.2 Å². The second kappa shape index (κ2) is 9.82. The second-order valence-electron chi connectivity index (χ2n) is 9.06. The van der Waals surface area contributed by atoms with Crippen molar-refractivity contribution in [1.29, 1.82) is 0 Å². The summed E-state index contributed by atoms with van der Waals surface area (Å²) in [7, 11) is 0. The van der Waals surface area contributed by atoms with Gasteiger partial charge in [0, 0.05) is 36.7 Å². The van der Waals surface area contributed by atoms with Gasteiger partial charge in [0.05, 0.1) is 22.8 Å². The number of aryl methyl sites for hydroxylation is 1. The molecule has 0 saturated carbocycles. The predicted molar refractivity (Wildman–Crippen MR) is 141 cm³/mol. The predicted octanol–water partition coefficient (Wildman–Crippen LogP) is 5.76. The highest BCUT2D eigenvalue weighted by Gasteiger charge is 2.43. The van der Waals surface area contributed by atoms with Gasteiger partial charge in [0.1, 0.15) is 6.29 Å².